The highest BCUT2D eigenvalue weighted by atomic mass is 19.4. The molecule has 0 aliphatic carbocycles. The van der Waals surface area contributed by atoms with Gasteiger partial charge in [0.05, 0.1) is 25.5 Å². The highest BCUT2D eigenvalue weighted by molar-refractivity contribution is 5.95. The van der Waals surface area contributed by atoms with Crippen LogP contribution in [0.3, 0.4) is 0 Å². The zero-order valence-corrected chi connectivity index (χ0v) is 16.6. The number of nitrogens with zero attached hydrogens (tertiary/aromatic N) is 4. The Morgan fingerprint density at radius 1 is 1.13 bits per heavy atom. The Hall–Kier alpha value is -3.47. The van der Waals surface area contributed by atoms with Crippen molar-refractivity contribution in [3.05, 3.63) is 65.5 Å². The first-order valence-electron chi connectivity index (χ1n) is 9.33. The van der Waals surface area contributed by atoms with Gasteiger partial charge in [0, 0.05) is 19.2 Å². The molecule has 0 radical (unpaired) electrons. The molecule has 0 atom stereocenters. The number of halogens is 3. The molecular formula is C20H20F3N5O3. The maximum atomic E-state index is 13.6. The Bertz CT molecular complexity index is 992. The molecule has 2 aromatic heterocycles. The minimum atomic E-state index is -4.83. The Morgan fingerprint density at radius 2 is 1.90 bits per heavy atom. The summed E-state index contributed by atoms with van der Waals surface area (Å²) in [5, 5.41) is 13.5. The summed E-state index contributed by atoms with van der Waals surface area (Å²) in [5.74, 6) is -0.943. The smallest absolute Gasteiger partial charge is 0.434 e. The number of amides is 1. The van der Waals surface area contributed by atoms with E-state index in [1.807, 2.05) is 30.3 Å². The van der Waals surface area contributed by atoms with Gasteiger partial charge in [0.25, 0.3) is 5.91 Å². The van der Waals surface area contributed by atoms with Gasteiger partial charge >= 0.3 is 6.18 Å². The third-order valence-corrected chi connectivity index (χ3v) is 4.20. The van der Waals surface area contributed by atoms with Crippen molar-refractivity contribution >= 4 is 5.91 Å². The van der Waals surface area contributed by atoms with Crippen molar-refractivity contribution < 1.29 is 27.4 Å². The number of rotatable bonds is 9. The quantitative estimate of drug-likeness (QED) is 0.520. The Kier molecular flexibility index (Phi) is 7.19. The van der Waals surface area contributed by atoms with E-state index in [1.165, 1.54) is 19.2 Å². The van der Waals surface area contributed by atoms with Gasteiger partial charge < -0.3 is 14.8 Å². The Balaban J connectivity index is 1.60. The number of carbonyl (C=O) groups is 1. The number of ether oxygens (including phenoxy) is 2. The lowest BCUT2D eigenvalue weighted by atomic mass is 10.2. The molecule has 0 aliphatic rings. The van der Waals surface area contributed by atoms with E-state index in [1.54, 1.807) is 0 Å². The SMILES string of the molecule is COc1ccc(-n2ncc(C(=O)NCCCOCc3ccccc3)c2C(F)(F)F)nn1. The molecule has 0 fully saturated rings. The monoisotopic (exact) mass is 435 g/mol. The van der Waals surface area contributed by atoms with Gasteiger partial charge in [0.15, 0.2) is 11.5 Å². The van der Waals surface area contributed by atoms with Crippen LogP contribution in [0.15, 0.2) is 48.7 Å². The molecule has 1 N–H and O–H groups in total. The van der Waals surface area contributed by atoms with E-state index in [-0.39, 0.29) is 18.2 Å². The number of hydrogen-bond donors (Lipinski definition) is 1. The Morgan fingerprint density at radius 3 is 2.55 bits per heavy atom. The van der Waals surface area contributed by atoms with E-state index in [4.69, 9.17) is 9.47 Å². The van der Waals surface area contributed by atoms with Crippen LogP contribution in [0.4, 0.5) is 13.2 Å². The fourth-order valence-corrected chi connectivity index (χ4v) is 2.73. The molecule has 1 aromatic carbocycles. The zero-order valence-electron chi connectivity index (χ0n) is 16.6. The summed E-state index contributed by atoms with van der Waals surface area (Å²) >= 11 is 0. The van der Waals surface area contributed by atoms with Crippen LogP contribution in [0.2, 0.25) is 0 Å². The van der Waals surface area contributed by atoms with Crippen molar-refractivity contribution in [1.29, 1.82) is 0 Å². The molecule has 8 nitrogen and oxygen atoms in total. The van der Waals surface area contributed by atoms with Crippen LogP contribution >= 0.6 is 0 Å². The van der Waals surface area contributed by atoms with E-state index >= 15 is 0 Å². The van der Waals surface area contributed by atoms with Crippen molar-refractivity contribution in [1.82, 2.24) is 25.3 Å². The molecule has 1 amide bonds. The minimum Gasteiger partial charge on any atom is -0.480 e. The van der Waals surface area contributed by atoms with E-state index in [2.05, 4.69) is 20.6 Å². The first kappa shape index (κ1) is 22.2. The fourth-order valence-electron chi connectivity index (χ4n) is 2.73. The number of nitrogens with one attached hydrogen (secondary N) is 1. The minimum absolute atomic E-state index is 0.136. The average Bonchev–Trinajstić information content (AvgIpc) is 3.23. The molecule has 0 bridgehead atoms. The molecule has 0 spiro atoms. The molecule has 0 aliphatic heterocycles. The predicted molar refractivity (Wildman–Crippen MR) is 104 cm³/mol. The van der Waals surface area contributed by atoms with Gasteiger partial charge in [-0.15, -0.1) is 10.2 Å². The van der Waals surface area contributed by atoms with Gasteiger partial charge in [-0.05, 0) is 18.1 Å². The molecule has 3 aromatic rings. The standard InChI is InChI=1S/C20H20F3N5O3/c1-30-17-9-8-16(26-27-17)28-18(20(21,22)23)15(12-25-28)19(29)24-10-5-11-31-13-14-6-3-2-4-7-14/h2-4,6-9,12H,5,10-11,13H2,1H3,(H,24,29). The first-order chi connectivity index (χ1) is 14.9. The molecular weight excluding hydrogens is 415 g/mol. The fraction of sp³-hybridized carbons (Fsp3) is 0.300. The summed E-state index contributed by atoms with van der Waals surface area (Å²) in [6, 6.07) is 12.1. The third-order valence-electron chi connectivity index (χ3n) is 4.20. The average molecular weight is 435 g/mol. The molecule has 0 saturated carbocycles. The van der Waals surface area contributed by atoms with E-state index in [0.29, 0.717) is 24.3 Å². The second kappa shape index (κ2) is 10.0. The van der Waals surface area contributed by atoms with Crippen LogP contribution in [0.25, 0.3) is 5.82 Å². The van der Waals surface area contributed by atoms with Crippen LogP contribution in [0, 0.1) is 0 Å². The van der Waals surface area contributed by atoms with Crippen molar-refractivity contribution in [2.24, 2.45) is 0 Å². The summed E-state index contributed by atoms with van der Waals surface area (Å²) in [4.78, 5) is 12.4. The van der Waals surface area contributed by atoms with E-state index < -0.39 is 23.3 Å². The summed E-state index contributed by atoms with van der Waals surface area (Å²) in [7, 11) is 1.36. The van der Waals surface area contributed by atoms with Crippen molar-refractivity contribution in [2.75, 3.05) is 20.3 Å². The molecule has 31 heavy (non-hydrogen) atoms. The zero-order chi connectivity index (χ0) is 22.3. The predicted octanol–water partition coefficient (Wildman–Crippen LogP) is 3.03. The van der Waals surface area contributed by atoms with Crippen molar-refractivity contribution in [2.45, 2.75) is 19.2 Å². The maximum Gasteiger partial charge on any atom is 0.434 e. The first-order valence-corrected chi connectivity index (χ1v) is 9.33. The Labute approximate surface area is 176 Å². The second-order valence-electron chi connectivity index (χ2n) is 6.40. The normalized spacial score (nSPS) is 11.4. The largest absolute Gasteiger partial charge is 0.480 e. The van der Waals surface area contributed by atoms with Crippen molar-refractivity contribution in [3.8, 4) is 11.7 Å². The molecule has 3 rings (SSSR count). The molecule has 2 heterocycles. The van der Waals surface area contributed by atoms with Gasteiger partial charge in [-0.2, -0.15) is 18.3 Å². The number of alkyl halides is 3. The highest BCUT2D eigenvalue weighted by Gasteiger charge is 2.40. The summed E-state index contributed by atoms with van der Waals surface area (Å²) in [6.07, 6.45) is -3.53. The van der Waals surface area contributed by atoms with Gasteiger partial charge in [-0.1, -0.05) is 30.3 Å². The molecule has 11 heteroatoms. The summed E-state index contributed by atoms with van der Waals surface area (Å²) in [6.45, 7) is 0.920. The lowest BCUT2D eigenvalue weighted by Gasteiger charge is -2.12. The van der Waals surface area contributed by atoms with Gasteiger partial charge in [-0.25, -0.2) is 4.68 Å². The van der Waals surface area contributed by atoms with Crippen LogP contribution in [0.5, 0.6) is 5.88 Å². The van der Waals surface area contributed by atoms with Crippen molar-refractivity contribution in [3.63, 3.8) is 0 Å². The van der Waals surface area contributed by atoms with E-state index in [9.17, 15) is 18.0 Å². The highest BCUT2D eigenvalue weighted by Crippen LogP contribution is 2.33. The molecule has 164 valence electrons. The molecule has 0 unspecified atom stereocenters. The van der Waals surface area contributed by atoms with Crippen LogP contribution < -0.4 is 10.1 Å². The number of benzene rings is 1. The number of methoxy groups -OCH3 is 1. The molecule has 0 saturated heterocycles. The third kappa shape index (κ3) is 5.79. The lowest BCUT2D eigenvalue weighted by molar-refractivity contribution is -0.143. The van der Waals surface area contributed by atoms with Crippen LogP contribution in [0.1, 0.15) is 28.0 Å². The second-order valence-corrected chi connectivity index (χ2v) is 6.40. The van der Waals surface area contributed by atoms with E-state index in [0.717, 1.165) is 11.8 Å². The maximum absolute atomic E-state index is 13.6. The lowest BCUT2D eigenvalue weighted by Crippen LogP contribution is -2.28. The van der Waals surface area contributed by atoms with Crippen LogP contribution in [-0.2, 0) is 17.5 Å². The summed E-state index contributed by atoms with van der Waals surface area (Å²) in [5.41, 5.74) is -0.824. The number of carbonyl (C=O) groups excluding carboxylic acids is 1. The van der Waals surface area contributed by atoms with Gasteiger partial charge in [0.2, 0.25) is 5.88 Å². The van der Waals surface area contributed by atoms with Gasteiger partial charge in [-0.3, -0.25) is 4.79 Å². The number of aromatic nitrogens is 4. The van der Waals surface area contributed by atoms with Crippen LogP contribution in [-0.4, -0.2) is 46.1 Å². The van der Waals surface area contributed by atoms with Gasteiger partial charge in [0.1, 0.15) is 0 Å². The topological polar surface area (TPSA) is 91.2 Å². The number of hydrogen-bond acceptors (Lipinski definition) is 6. The summed E-state index contributed by atoms with van der Waals surface area (Å²) < 4.78 is 51.8.